The number of carbonyl (C=O) groups excluding carboxylic acids is 1. The van der Waals surface area contributed by atoms with Crippen molar-refractivity contribution in [3.8, 4) is 0 Å². The van der Waals surface area contributed by atoms with Gasteiger partial charge >= 0.3 is 6.09 Å². The molecule has 0 aliphatic carbocycles. The fourth-order valence-corrected chi connectivity index (χ4v) is 2.57. The van der Waals surface area contributed by atoms with Crippen LogP contribution in [0.3, 0.4) is 0 Å². The van der Waals surface area contributed by atoms with Crippen molar-refractivity contribution >= 4 is 6.09 Å². The number of allylic oxidation sites excluding steroid dienone is 3. The molecule has 4 heteroatoms. The van der Waals surface area contributed by atoms with E-state index in [1.54, 1.807) is 17.1 Å². The molecular weight excluding hydrogens is 302 g/mol. The normalized spacial score (nSPS) is 17.9. The second kappa shape index (κ2) is 8.96. The highest BCUT2D eigenvalue weighted by molar-refractivity contribution is 5.71. The summed E-state index contributed by atoms with van der Waals surface area (Å²) in [6.07, 6.45) is 6.05. The third-order valence-electron chi connectivity index (χ3n) is 3.79. The Morgan fingerprint density at radius 2 is 2.08 bits per heavy atom. The summed E-state index contributed by atoms with van der Waals surface area (Å²) in [7, 11) is 0. The van der Waals surface area contributed by atoms with E-state index >= 15 is 0 Å². The van der Waals surface area contributed by atoms with Crippen molar-refractivity contribution in [1.29, 1.82) is 0 Å². The summed E-state index contributed by atoms with van der Waals surface area (Å²) in [6.45, 7) is 9.17. The van der Waals surface area contributed by atoms with Gasteiger partial charge in [-0.3, -0.25) is 4.90 Å². The zero-order valence-corrected chi connectivity index (χ0v) is 14.4. The van der Waals surface area contributed by atoms with Crippen LogP contribution in [0, 0.1) is 5.92 Å². The Bertz CT molecular complexity index is 619. The molecule has 24 heavy (non-hydrogen) atoms. The van der Waals surface area contributed by atoms with Gasteiger partial charge in [-0.1, -0.05) is 56.0 Å². The maximum atomic E-state index is 12.6. The van der Waals surface area contributed by atoms with Gasteiger partial charge in [0, 0.05) is 6.54 Å². The van der Waals surface area contributed by atoms with Crippen LogP contribution in [-0.2, 0) is 16.1 Å². The van der Waals surface area contributed by atoms with E-state index in [2.05, 4.69) is 19.6 Å². The van der Waals surface area contributed by atoms with Gasteiger partial charge in [-0.05, 0) is 30.9 Å². The van der Waals surface area contributed by atoms with Gasteiger partial charge in [-0.15, -0.1) is 0 Å². The van der Waals surface area contributed by atoms with Crippen LogP contribution in [0.2, 0.25) is 0 Å². The predicted molar refractivity (Wildman–Crippen MR) is 95.1 cm³/mol. The minimum atomic E-state index is -0.355. The van der Waals surface area contributed by atoms with Crippen molar-refractivity contribution < 1.29 is 14.3 Å². The van der Waals surface area contributed by atoms with Gasteiger partial charge in [0.2, 0.25) is 0 Å². The lowest BCUT2D eigenvalue weighted by molar-refractivity contribution is 0.0989. The van der Waals surface area contributed by atoms with Gasteiger partial charge in [0.15, 0.2) is 0 Å². The molecule has 128 valence electrons. The van der Waals surface area contributed by atoms with Crippen LogP contribution >= 0.6 is 0 Å². The van der Waals surface area contributed by atoms with Gasteiger partial charge in [0.25, 0.3) is 0 Å². The fourth-order valence-electron chi connectivity index (χ4n) is 2.57. The molecule has 1 amide bonds. The molecule has 1 unspecified atom stereocenters. The number of hydrogen-bond donors (Lipinski definition) is 0. The molecule has 0 saturated carbocycles. The summed E-state index contributed by atoms with van der Waals surface area (Å²) in [5.74, 6) is 1.03. The second-order valence-corrected chi connectivity index (χ2v) is 5.71. The van der Waals surface area contributed by atoms with Crippen molar-refractivity contribution in [3.63, 3.8) is 0 Å². The number of carbonyl (C=O) groups is 1. The number of nitrogens with zero attached hydrogens (tertiary/aromatic N) is 1. The number of amides is 1. The van der Waals surface area contributed by atoms with Gasteiger partial charge in [0.05, 0.1) is 12.3 Å². The highest BCUT2D eigenvalue weighted by Crippen LogP contribution is 2.27. The SMILES string of the molecule is C=C/C=C(/OCC)C1=CC(C)CCN1C(=O)OCc1ccccc1. The standard InChI is InChI=1S/C20H25NO3/c1-4-9-19(23-5-2)18-14-16(3)12-13-21(18)20(22)24-15-17-10-7-6-8-11-17/h4,6-11,14,16H,1,5,12-13,15H2,2-3H3/b19-9+. The zero-order valence-electron chi connectivity index (χ0n) is 14.4. The van der Waals surface area contributed by atoms with Crippen molar-refractivity contribution in [2.45, 2.75) is 26.9 Å². The third kappa shape index (κ3) is 4.75. The van der Waals surface area contributed by atoms with Crippen LogP contribution in [0.4, 0.5) is 4.79 Å². The summed E-state index contributed by atoms with van der Waals surface area (Å²) in [5.41, 5.74) is 1.72. The molecular formula is C20H25NO3. The molecule has 0 bridgehead atoms. The molecule has 0 saturated heterocycles. The Labute approximate surface area is 144 Å². The Balaban J connectivity index is 2.13. The average molecular weight is 327 g/mol. The lowest BCUT2D eigenvalue weighted by Crippen LogP contribution is -2.36. The maximum Gasteiger partial charge on any atom is 0.414 e. The van der Waals surface area contributed by atoms with Gasteiger partial charge in [0.1, 0.15) is 12.4 Å². The van der Waals surface area contributed by atoms with E-state index in [9.17, 15) is 4.79 Å². The van der Waals surface area contributed by atoms with Gasteiger partial charge in [-0.25, -0.2) is 4.79 Å². The molecule has 1 aromatic rings. The fraction of sp³-hybridized carbons (Fsp3) is 0.350. The molecule has 2 rings (SSSR count). The number of hydrogen-bond acceptors (Lipinski definition) is 3. The minimum absolute atomic E-state index is 0.258. The average Bonchev–Trinajstić information content (AvgIpc) is 2.60. The predicted octanol–water partition coefficient (Wildman–Crippen LogP) is 4.66. The minimum Gasteiger partial charge on any atom is -0.492 e. The largest absolute Gasteiger partial charge is 0.492 e. The summed E-state index contributed by atoms with van der Waals surface area (Å²) in [5, 5.41) is 0. The molecule has 0 aromatic heterocycles. The lowest BCUT2D eigenvalue weighted by atomic mass is 10.0. The molecule has 0 N–H and O–H groups in total. The number of rotatable bonds is 6. The smallest absolute Gasteiger partial charge is 0.414 e. The zero-order chi connectivity index (χ0) is 17.4. The van der Waals surface area contributed by atoms with E-state index in [0.29, 0.717) is 24.8 Å². The highest BCUT2D eigenvalue weighted by Gasteiger charge is 2.27. The first-order valence-corrected chi connectivity index (χ1v) is 8.31. The lowest BCUT2D eigenvalue weighted by Gasteiger charge is -2.31. The van der Waals surface area contributed by atoms with Crippen molar-refractivity contribution in [2.75, 3.05) is 13.2 Å². The van der Waals surface area contributed by atoms with Crippen LogP contribution in [-0.4, -0.2) is 24.1 Å². The summed E-state index contributed by atoms with van der Waals surface area (Å²) in [6, 6.07) is 9.66. The molecule has 1 aromatic carbocycles. The van der Waals surface area contributed by atoms with Gasteiger partial charge in [-0.2, -0.15) is 0 Å². The van der Waals surface area contributed by atoms with Crippen LogP contribution in [0.1, 0.15) is 25.8 Å². The van der Waals surface area contributed by atoms with Crippen molar-refractivity contribution in [3.05, 3.63) is 72.2 Å². The van der Waals surface area contributed by atoms with Crippen molar-refractivity contribution in [2.24, 2.45) is 5.92 Å². The van der Waals surface area contributed by atoms with Crippen molar-refractivity contribution in [1.82, 2.24) is 4.90 Å². The molecule has 1 heterocycles. The third-order valence-corrected chi connectivity index (χ3v) is 3.79. The first-order valence-electron chi connectivity index (χ1n) is 8.31. The van der Waals surface area contributed by atoms with E-state index in [4.69, 9.17) is 9.47 Å². The first kappa shape index (κ1) is 17.9. The molecule has 0 radical (unpaired) electrons. The van der Waals surface area contributed by atoms with E-state index in [1.165, 1.54) is 0 Å². The molecule has 0 spiro atoms. The topological polar surface area (TPSA) is 38.8 Å². The van der Waals surface area contributed by atoms with Crippen LogP contribution in [0.5, 0.6) is 0 Å². The molecule has 1 atom stereocenters. The Hall–Kier alpha value is -2.49. The summed E-state index contributed by atoms with van der Waals surface area (Å²) < 4.78 is 11.2. The highest BCUT2D eigenvalue weighted by atomic mass is 16.6. The summed E-state index contributed by atoms with van der Waals surface area (Å²) >= 11 is 0. The molecule has 0 fully saturated rings. The Morgan fingerprint density at radius 3 is 2.75 bits per heavy atom. The van der Waals surface area contributed by atoms with Crippen LogP contribution in [0.15, 0.2) is 66.6 Å². The van der Waals surface area contributed by atoms with E-state index in [1.807, 2.05) is 37.3 Å². The monoisotopic (exact) mass is 327 g/mol. The van der Waals surface area contributed by atoms with E-state index in [-0.39, 0.29) is 12.7 Å². The van der Waals surface area contributed by atoms with Crippen LogP contribution in [0.25, 0.3) is 0 Å². The second-order valence-electron chi connectivity index (χ2n) is 5.71. The maximum absolute atomic E-state index is 12.6. The van der Waals surface area contributed by atoms with Gasteiger partial charge < -0.3 is 9.47 Å². The number of benzene rings is 1. The molecule has 1 aliphatic heterocycles. The summed E-state index contributed by atoms with van der Waals surface area (Å²) in [4.78, 5) is 14.2. The molecule has 4 nitrogen and oxygen atoms in total. The first-order chi connectivity index (χ1) is 11.7. The van der Waals surface area contributed by atoms with Crippen LogP contribution < -0.4 is 0 Å². The molecule has 1 aliphatic rings. The Kier molecular flexibility index (Phi) is 6.67. The Morgan fingerprint density at radius 1 is 1.33 bits per heavy atom. The van der Waals surface area contributed by atoms with E-state index < -0.39 is 0 Å². The van der Waals surface area contributed by atoms with E-state index in [0.717, 1.165) is 17.7 Å². The number of ether oxygens (including phenoxy) is 2. The quantitative estimate of drug-likeness (QED) is 0.563.